The molecule has 3 aromatic rings. The van der Waals surface area contributed by atoms with E-state index in [1.165, 1.54) is 0 Å². The number of hydrogen-bond acceptors (Lipinski definition) is 2. The van der Waals surface area contributed by atoms with Gasteiger partial charge in [-0.25, -0.2) is 4.98 Å². The number of pyridine rings is 1. The van der Waals surface area contributed by atoms with Crippen molar-refractivity contribution in [2.75, 3.05) is 0 Å². The van der Waals surface area contributed by atoms with E-state index in [1.54, 1.807) is 6.08 Å². The molecule has 0 aliphatic heterocycles. The van der Waals surface area contributed by atoms with Crippen molar-refractivity contribution in [1.29, 1.82) is 0 Å². The second kappa shape index (κ2) is 5.80. The third kappa shape index (κ3) is 3.14. The molecule has 116 valence electrons. The molecule has 0 fully saturated rings. The highest BCUT2D eigenvalue weighted by molar-refractivity contribution is 6.35. The summed E-state index contributed by atoms with van der Waals surface area (Å²) >= 11 is 6.43. The molecule has 3 heteroatoms. The summed E-state index contributed by atoms with van der Waals surface area (Å²) in [7, 11) is 0. The maximum atomic E-state index is 6.43. The Morgan fingerprint density at radius 1 is 1.09 bits per heavy atom. The fraction of sp³-hybridized carbons (Fsp3) is 0.150. The van der Waals surface area contributed by atoms with Crippen molar-refractivity contribution in [2.45, 2.75) is 19.4 Å². The van der Waals surface area contributed by atoms with Crippen LogP contribution in [0.15, 0.2) is 55.1 Å². The van der Waals surface area contributed by atoms with Gasteiger partial charge in [-0.05, 0) is 37.1 Å². The van der Waals surface area contributed by atoms with Gasteiger partial charge in [0, 0.05) is 16.5 Å². The summed E-state index contributed by atoms with van der Waals surface area (Å²) in [4.78, 5) is 4.74. The first-order valence-electron chi connectivity index (χ1n) is 7.51. The van der Waals surface area contributed by atoms with Gasteiger partial charge in [0.05, 0.1) is 16.2 Å². The largest absolute Gasteiger partial charge is 0.322 e. The second-order valence-electron chi connectivity index (χ2n) is 6.27. The van der Waals surface area contributed by atoms with E-state index in [2.05, 4.69) is 6.58 Å². The van der Waals surface area contributed by atoms with E-state index in [-0.39, 0.29) is 5.54 Å². The highest BCUT2D eigenvalue weighted by atomic mass is 35.5. The standard InChI is InChI=1S/C20H19ClN2/c1-4-13-5-10-16-17(21)12-18(23-19(16)11-13)14-6-8-15(9-7-14)20(2,3)22/h4-12H,1,22H2,2-3H3. The molecule has 23 heavy (non-hydrogen) atoms. The molecule has 2 nitrogen and oxygen atoms in total. The summed E-state index contributed by atoms with van der Waals surface area (Å²) in [5, 5.41) is 1.64. The molecule has 0 unspecified atom stereocenters. The summed E-state index contributed by atoms with van der Waals surface area (Å²) in [5.41, 5.74) is 10.6. The minimum absolute atomic E-state index is 0.355. The monoisotopic (exact) mass is 322 g/mol. The number of nitrogens with two attached hydrogens (primary N) is 1. The van der Waals surface area contributed by atoms with Crippen LogP contribution in [0.1, 0.15) is 25.0 Å². The van der Waals surface area contributed by atoms with Crippen molar-refractivity contribution >= 4 is 28.6 Å². The lowest BCUT2D eigenvalue weighted by atomic mass is 9.94. The Balaban J connectivity index is 2.10. The maximum absolute atomic E-state index is 6.43. The van der Waals surface area contributed by atoms with Crippen LogP contribution in [0.3, 0.4) is 0 Å². The van der Waals surface area contributed by atoms with Crippen LogP contribution in [0.2, 0.25) is 5.02 Å². The number of halogens is 1. The third-order valence-electron chi connectivity index (χ3n) is 3.94. The molecule has 1 heterocycles. The van der Waals surface area contributed by atoms with Crippen LogP contribution < -0.4 is 5.73 Å². The molecule has 0 radical (unpaired) electrons. The molecule has 0 saturated heterocycles. The van der Waals surface area contributed by atoms with Crippen molar-refractivity contribution in [1.82, 2.24) is 4.98 Å². The van der Waals surface area contributed by atoms with E-state index in [4.69, 9.17) is 22.3 Å². The van der Waals surface area contributed by atoms with Crippen LogP contribution >= 0.6 is 11.6 Å². The van der Waals surface area contributed by atoms with Crippen molar-refractivity contribution in [3.8, 4) is 11.3 Å². The van der Waals surface area contributed by atoms with Crippen LogP contribution in [-0.2, 0) is 5.54 Å². The fourth-order valence-corrected chi connectivity index (χ4v) is 2.81. The van der Waals surface area contributed by atoms with Gasteiger partial charge < -0.3 is 5.73 Å². The second-order valence-corrected chi connectivity index (χ2v) is 6.68. The topological polar surface area (TPSA) is 38.9 Å². The van der Waals surface area contributed by atoms with E-state index >= 15 is 0 Å². The van der Waals surface area contributed by atoms with E-state index in [9.17, 15) is 0 Å². The van der Waals surface area contributed by atoms with Gasteiger partial charge in [-0.2, -0.15) is 0 Å². The molecule has 0 aliphatic carbocycles. The van der Waals surface area contributed by atoms with Crippen molar-refractivity contribution < 1.29 is 0 Å². The Kier molecular flexibility index (Phi) is 3.97. The fourth-order valence-electron chi connectivity index (χ4n) is 2.55. The molecule has 0 spiro atoms. The first kappa shape index (κ1) is 15.7. The molecular weight excluding hydrogens is 304 g/mol. The molecule has 0 aliphatic rings. The summed E-state index contributed by atoms with van der Waals surface area (Å²) in [6.45, 7) is 7.78. The van der Waals surface area contributed by atoms with Gasteiger partial charge in [0.1, 0.15) is 0 Å². The zero-order chi connectivity index (χ0) is 16.6. The van der Waals surface area contributed by atoms with E-state index < -0.39 is 0 Å². The SMILES string of the molecule is C=Cc1ccc2c(Cl)cc(-c3ccc(C(C)(C)N)cc3)nc2c1. The molecule has 2 N–H and O–H groups in total. The summed E-state index contributed by atoms with van der Waals surface area (Å²) in [5.74, 6) is 0. The number of fused-ring (bicyclic) bond motifs is 1. The number of hydrogen-bond donors (Lipinski definition) is 1. The zero-order valence-electron chi connectivity index (χ0n) is 13.3. The highest BCUT2D eigenvalue weighted by Crippen LogP contribution is 2.29. The van der Waals surface area contributed by atoms with E-state index in [0.717, 1.165) is 33.3 Å². The zero-order valence-corrected chi connectivity index (χ0v) is 14.1. The summed E-state index contributed by atoms with van der Waals surface area (Å²) in [6.07, 6.45) is 1.81. The van der Waals surface area contributed by atoms with Gasteiger partial charge in [-0.15, -0.1) is 0 Å². The first-order chi connectivity index (χ1) is 10.9. The van der Waals surface area contributed by atoms with Crippen LogP contribution in [0.25, 0.3) is 28.2 Å². The van der Waals surface area contributed by atoms with Gasteiger partial charge in [-0.3, -0.25) is 0 Å². The lowest BCUT2D eigenvalue weighted by Crippen LogP contribution is -2.28. The normalized spacial score (nSPS) is 11.7. The Labute approximate surface area is 141 Å². The Bertz CT molecular complexity index is 875. The average molecular weight is 323 g/mol. The Morgan fingerprint density at radius 3 is 2.39 bits per heavy atom. The molecule has 1 aromatic heterocycles. The predicted molar refractivity (Wildman–Crippen MR) is 99.5 cm³/mol. The minimum atomic E-state index is -0.355. The lowest BCUT2D eigenvalue weighted by molar-refractivity contribution is 0.554. The van der Waals surface area contributed by atoms with Crippen molar-refractivity contribution in [3.05, 3.63) is 71.3 Å². The smallest absolute Gasteiger partial charge is 0.0730 e. The minimum Gasteiger partial charge on any atom is -0.322 e. The lowest BCUT2D eigenvalue weighted by Gasteiger charge is -2.19. The van der Waals surface area contributed by atoms with Crippen molar-refractivity contribution in [2.24, 2.45) is 5.73 Å². The summed E-state index contributed by atoms with van der Waals surface area (Å²) < 4.78 is 0. The molecule has 0 atom stereocenters. The number of aromatic nitrogens is 1. The average Bonchev–Trinajstić information content (AvgIpc) is 2.53. The van der Waals surface area contributed by atoms with Gasteiger partial charge in [0.2, 0.25) is 0 Å². The molecule has 3 rings (SSSR count). The first-order valence-corrected chi connectivity index (χ1v) is 7.89. The molecular formula is C20H19ClN2. The third-order valence-corrected chi connectivity index (χ3v) is 4.26. The molecule has 2 aromatic carbocycles. The van der Waals surface area contributed by atoms with Crippen LogP contribution in [0.5, 0.6) is 0 Å². The molecule has 0 saturated carbocycles. The number of benzene rings is 2. The predicted octanol–water partition coefficient (Wildman–Crippen LogP) is 5.39. The van der Waals surface area contributed by atoms with Crippen LogP contribution in [0, 0.1) is 0 Å². The van der Waals surface area contributed by atoms with Crippen molar-refractivity contribution in [3.63, 3.8) is 0 Å². The maximum Gasteiger partial charge on any atom is 0.0730 e. The van der Waals surface area contributed by atoms with Crippen LogP contribution in [-0.4, -0.2) is 4.98 Å². The van der Waals surface area contributed by atoms with Gasteiger partial charge in [0.25, 0.3) is 0 Å². The van der Waals surface area contributed by atoms with E-state index in [0.29, 0.717) is 5.02 Å². The number of rotatable bonds is 3. The number of nitrogens with zero attached hydrogens (tertiary/aromatic N) is 1. The van der Waals surface area contributed by atoms with Crippen LogP contribution in [0.4, 0.5) is 0 Å². The van der Waals surface area contributed by atoms with Gasteiger partial charge in [-0.1, -0.05) is 60.7 Å². The quantitative estimate of drug-likeness (QED) is 0.702. The Morgan fingerprint density at radius 2 is 1.78 bits per heavy atom. The molecule has 0 bridgehead atoms. The van der Waals surface area contributed by atoms with Gasteiger partial charge in [0.15, 0.2) is 0 Å². The Hall–Kier alpha value is -2.16. The summed E-state index contributed by atoms with van der Waals surface area (Å²) in [6, 6.07) is 16.0. The highest BCUT2D eigenvalue weighted by Gasteiger charge is 2.14. The van der Waals surface area contributed by atoms with Gasteiger partial charge >= 0.3 is 0 Å². The van der Waals surface area contributed by atoms with E-state index in [1.807, 2.05) is 62.4 Å². The molecule has 0 amide bonds.